The summed E-state index contributed by atoms with van der Waals surface area (Å²) in [6, 6.07) is 0.692. The summed E-state index contributed by atoms with van der Waals surface area (Å²) < 4.78 is 0. The van der Waals surface area contributed by atoms with Crippen molar-refractivity contribution in [2.45, 2.75) is 52.5 Å². The average Bonchev–Trinajstić information content (AvgIpc) is 2.18. The van der Waals surface area contributed by atoms with E-state index in [9.17, 15) is 0 Å². The van der Waals surface area contributed by atoms with Gasteiger partial charge in [-0.25, -0.2) is 0 Å². The molecule has 90 valence electrons. The zero-order valence-corrected chi connectivity index (χ0v) is 10.8. The van der Waals surface area contributed by atoms with Gasteiger partial charge in [0.05, 0.1) is 0 Å². The Morgan fingerprint density at radius 1 is 1.47 bits per heavy atom. The molecule has 1 fully saturated rings. The maximum absolute atomic E-state index is 3.47. The first kappa shape index (κ1) is 13.0. The summed E-state index contributed by atoms with van der Waals surface area (Å²) in [4.78, 5) is 2.65. The molecule has 1 saturated heterocycles. The zero-order valence-electron chi connectivity index (χ0n) is 10.8. The predicted molar refractivity (Wildman–Crippen MR) is 67.2 cm³/mol. The molecule has 0 bridgehead atoms. The Bertz CT molecular complexity index is 159. The Balaban J connectivity index is 2.03. The normalized spacial score (nSPS) is 25.4. The summed E-state index contributed by atoms with van der Waals surface area (Å²) in [6.45, 7) is 11.9. The van der Waals surface area contributed by atoms with Crippen molar-refractivity contribution < 1.29 is 0 Å². The van der Waals surface area contributed by atoms with Gasteiger partial charge in [-0.15, -0.1) is 0 Å². The van der Waals surface area contributed by atoms with Crippen molar-refractivity contribution in [3.8, 4) is 0 Å². The van der Waals surface area contributed by atoms with Crippen LogP contribution in [-0.4, -0.2) is 37.1 Å². The lowest BCUT2D eigenvalue weighted by Gasteiger charge is -2.31. The van der Waals surface area contributed by atoms with Gasteiger partial charge in [0.15, 0.2) is 0 Å². The van der Waals surface area contributed by atoms with Crippen LogP contribution in [-0.2, 0) is 0 Å². The number of rotatable bonds is 6. The van der Waals surface area contributed by atoms with Crippen LogP contribution in [0.5, 0.6) is 0 Å². The third-order valence-electron chi connectivity index (χ3n) is 3.41. The molecular weight excluding hydrogens is 184 g/mol. The Morgan fingerprint density at radius 3 is 2.93 bits per heavy atom. The quantitative estimate of drug-likeness (QED) is 0.728. The van der Waals surface area contributed by atoms with E-state index in [4.69, 9.17) is 0 Å². The van der Waals surface area contributed by atoms with Gasteiger partial charge in [-0.05, 0) is 58.2 Å². The first-order chi connectivity index (χ1) is 7.22. The van der Waals surface area contributed by atoms with E-state index in [2.05, 4.69) is 31.0 Å². The van der Waals surface area contributed by atoms with E-state index in [0.29, 0.717) is 6.04 Å². The number of nitrogens with one attached hydrogen (secondary N) is 1. The Morgan fingerprint density at radius 2 is 2.27 bits per heavy atom. The minimum atomic E-state index is 0.692. The van der Waals surface area contributed by atoms with Crippen LogP contribution in [0.2, 0.25) is 0 Å². The van der Waals surface area contributed by atoms with Crippen LogP contribution in [0.4, 0.5) is 0 Å². The molecule has 0 amide bonds. The fourth-order valence-corrected chi connectivity index (χ4v) is 2.56. The molecule has 0 saturated carbocycles. The highest BCUT2D eigenvalue weighted by atomic mass is 15.1. The minimum absolute atomic E-state index is 0.692. The average molecular weight is 212 g/mol. The summed E-state index contributed by atoms with van der Waals surface area (Å²) in [7, 11) is 0. The molecule has 2 nitrogen and oxygen atoms in total. The van der Waals surface area contributed by atoms with Crippen molar-refractivity contribution >= 4 is 0 Å². The van der Waals surface area contributed by atoms with Crippen molar-refractivity contribution in [3.05, 3.63) is 0 Å². The van der Waals surface area contributed by atoms with Gasteiger partial charge in [-0.3, -0.25) is 0 Å². The van der Waals surface area contributed by atoms with Crippen molar-refractivity contribution in [2.75, 3.05) is 26.2 Å². The van der Waals surface area contributed by atoms with E-state index >= 15 is 0 Å². The van der Waals surface area contributed by atoms with Crippen LogP contribution in [0.3, 0.4) is 0 Å². The molecule has 1 aliphatic heterocycles. The van der Waals surface area contributed by atoms with Crippen LogP contribution in [0.25, 0.3) is 0 Å². The molecule has 1 aliphatic rings. The standard InChI is InChI=1S/C13H28N2/c1-4-14-13(3)8-6-10-15-9-5-7-12(2)11-15/h12-14H,4-11H2,1-3H3. The van der Waals surface area contributed by atoms with Crippen LogP contribution in [0.15, 0.2) is 0 Å². The van der Waals surface area contributed by atoms with E-state index in [1.165, 1.54) is 45.3 Å². The van der Waals surface area contributed by atoms with E-state index in [0.717, 1.165) is 12.5 Å². The summed E-state index contributed by atoms with van der Waals surface area (Å²) in [5.41, 5.74) is 0. The highest BCUT2D eigenvalue weighted by Gasteiger charge is 2.15. The summed E-state index contributed by atoms with van der Waals surface area (Å²) in [5, 5.41) is 3.47. The van der Waals surface area contributed by atoms with Crippen molar-refractivity contribution in [2.24, 2.45) is 5.92 Å². The van der Waals surface area contributed by atoms with E-state index in [1.807, 2.05) is 0 Å². The Labute approximate surface area is 95.4 Å². The van der Waals surface area contributed by atoms with Gasteiger partial charge in [0.1, 0.15) is 0 Å². The second kappa shape index (κ2) is 7.24. The van der Waals surface area contributed by atoms with Gasteiger partial charge in [-0.2, -0.15) is 0 Å². The second-order valence-corrected chi connectivity index (χ2v) is 5.15. The third-order valence-corrected chi connectivity index (χ3v) is 3.41. The largest absolute Gasteiger partial charge is 0.315 e. The maximum Gasteiger partial charge on any atom is 0.00390 e. The monoisotopic (exact) mass is 212 g/mol. The van der Waals surface area contributed by atoms with E-state index in [1.54, 1.807) is 0 Å². The molecule has 1 N–H and O–H groups in total. The van der Waals surface area contributed by atoms with E-state index < -0.39 is 0 Å². The molecule has 0 radical (unpaired) electrons. The van der Waals surface area contributed by atoms with Crippen LogP contribution in [0.1, 0.15) is 46.5 Å². The SMILES string of the molecule is CCNC(C)CCCN1CCCC(C)C1. The molecule has 0 aromatic heterocycles. The van der Waals surface area contributed by atoms with E-state index in [-0.39, 0.29) is 0 Å². The molecule has 0 spiro atoms. The lowest BCUT2D eigenvalue weighted by molar-refractivity contribution is 0.179. The lowest BCUT2D eigenvalue weighted by Crippen LogP contribution is -2.35. The number of hydrogen-bond acceptors (Lipinski definition) is 2. The first-order valence-electron chi connectivity index (χ1n) is 6.68. The maximum atomic E-state index is 3.47. The molecule has 2 heteroatoms. The molecule has 1 heterocycles. The Kier molecular flexibility index (Phi) is 6.26. The summed E-state index contributed by atoms with van der Waals surface area (Å²) in [6.07, 6.45) is 5.51. The lowest BCUT2D eigenvalue weighted by atomic mass is 10.00. The molecule has 2 unspecified atom stereocenters. The topological polar surface area (TPSA) is 15.3 Å². The molecule has 15 heavy (non-hydrogen) atoms. The molecule has 2 atom stereocenters. The van der Waals surface area contributed by atoms with Crippen LogP contribution < -0.4 is 5.32 Å². The highest BCUT2D eigenvalue weighted by molar-refractivity contribution is 4.70. The first-order valence-corrected chi connectivity index (χ1v) is 6.68. The number of piperidine rings is 1. The summed E-state index contributed by atoms with van der Waals surface area (Å²) in [5.74, 6) is 0.921. The zero-order chi connectivity index (χ0) is 11.1. The van der Waals surface area contributed by atoms with Gasteiger partial charge in [0.2, 0.25) is 0 Å². The van der Waals surface area contributed by atoms with Gasteiger partial charge in [0.25, 0.3) is 0 Å². The number of nitrogens with zero attached hydrogens (tertiary/aromatic N) is 1. The molecule has 0 aromatic rings. The molecule has 0 aliphatic carbocycles. The third kappa shape index (κ3) is 5.53. The van der Waals surface area contributed by atoms with Gasteiger partial charge in [-0.1, -0.05) is 13.8 Å². The van der Waals surface area contributed by atoms with Crippen LogP contribution in [0, 0.1) is 5.92 Å². The molecule has 1 rings (SSSR count). The fourth-order valence-electron chi connectivity index (χ4n) is 2.56. The minimum Gasteiger partial charge on any atom is -0.315 e. The van der Waals surface area contributed by atoms with Gasteiger partial charge < -0.3 is 10.2 Å². The smallest absolute Gasteiger partial charge is 0.00390 e. The van der Waals surface area contributed by atoms with Crippen molar-refractivity contribution in [1.29, 1.82) is 0 Å². The molecular formula is C13H28N2. The van der Waals surface area contributed by atoms with Crippen LogP contribution >= 0.6 is 0 Å². The van der Waals surface area contributed by atoms with Gasteiger partial charge >= 0.3 is 0 Å². The van der Waals surface area contributed by atoms with Crippen molar-refractivity contribution in [1.82, 2.24) is 10.2 Å². The fraction of sp³-hybridized carbons (Fsp3) is 1.00. The summed E-state index contributed by atoms with van der Waals surface area (Å²) >= 11 is 0. The van der Waals surface area contributed by atoms with Gasteiger partial charge in [0, 0.05) is 12.6 Å². The Hall–Kier alpha value is -0.0800. The highest BCUT2D eigenvalue weighted by Crippen LogP contribution is 2.15. The predicted octanol–water partition coefficient (Wildman–Crippen LogP) is 2.50. The van der Waals surface area contributed by atoms with Crippen molar-refractivity contribution in [3.63, 3.8) is 0 Å². The second-order valence-electron chi connectivity index (χ2n) is 5.15. The number of hydrogen-bond donors (Lipinski definition) is 1. The number of likely N-dealkylation sites (tertiary alicyclic amines) is 1. The molecule has 0 aromatic carbocycles.